The van der Waals surface area contributed by atoms with Gasteiger partial charge in [-0.25, -0.2) is 9.97 Å². The molecule has 124 valence electrons. The maximum atomic E-state index is 5.48. The molecule has 1 fully saturated rings. The summed E-state index contributed by atoms with van der Waals surface area (Å²) in [7, 11) is 1.63. The van der Waals surface area contributed by atoms with Crippen molar-refractivity contribution in [2.75, 3.05) is 25.6 Å². The van der Waals surface area contributed by atoms with Crippen molar-refractivity contribution in [2.45, 2.75) is 12.8 Å². The van der Waals surface area contributed by atoms with Crippen molar-refractivity contribution < 1.29 is 14.2 Å². The molecule has 2 aromatic heterocycles. The summed E-state index contributed by atoms with van der Waals surface area (Å²) in [6.07, 6.45) is 3.31. The number of fused-ring (bicyclic) bond motifs is 1. The predicted molar refractivity (Wildman–Crippen MR) is 92.4 cm³/mol. The number of benzene rings is 1. The number of methoxy groups -OCH3 is 1. The van der Waals surface area contributed by atoms with Gasteiger partial charge in [0, 0.05) is 33.7 Å². The Kier molecular flexibility index (Phi) is 4.29. The van der Waals surface area contributed by atoms with Gasteiger partial charge in [0.25, 0.3) is 0 Å². The highest BCUT2D eigenvalue weighted by Gasteiger charge is 2.21. The molecule has 0 bridgehead atoms. The molecule has 4 rings (SSSR count). The molecule has 7 heteroatoms. The average Bonchev–Trinajstić information content (AvgIpc) is 3.30. The van der Waals surface area contributed by atoms with E-state index < -0.39 is 0 Å². The number of aromatic nitrogens is 2. The number of hydrogen-bond acceptors (Lipinski definition) is 7. The van der Waals surface area contributed by atoms with Crippen LogP contribution in [0.4, 0.5) is 5.69 Å². The second-order valence-corrected chi connectivity index (χ2v) is 6.46. The number of anilines is 1. The summed E-state index contributed by atoms with van der Waals surface area (Å²) in [5.74, 6) is 0.631. The Labute approximate surface area is 143 Å². The monoisotopic (exact) mass is 343 g/mol. The van der Waals surface area contributed by atoms with Gasteiger partial charge in [-0.3, -0.25) is 0 Å². The lowest BCUT2D eigenvalue weighted by Gasteiger charge is -2.10. The maximum absolute atomic E-state index is 5.48. The Bertz CT molecular complexity index is 846. The lowest BCUT2D eigenvalue weighted by atomic mass is 10.1. The highest BCUT2D eigenvalue weighted by atomic mass is 32.1. The second-order valence-electron chi connectivity index (χ2n) is 5.31. The van der Waals surface area contributed by atoms with Crippen LogP contribution in [0.15, 0.2) is 36.7 Å². The number of ether oxygens (including phenoxy) is 3. The fourth-order valence-corrected chi connectivity index (χ4v) is 3.55. The zero-order valence-corrected chi connectivity index (χ0v) is 14.0. The Morgan fingerprint density at radius 2 is 2.08 bits per heavy atom. The Morgan fingerprint density at radius 1 is 1.21 bits per heavy atom. The van der Waals surface area contributed by atoms with Crippen molar-refractivity contribution in [3.8, 4) is 5.88 Å². The standard InChI is InChI=1S/C17H17N3O3S/c1-21-15-13-3-2-4-14(12(13)5-6-18-15)19-9-11-10-20-16(24-11)17-22-7-8-23-17/h2-6,10,17,19H,7-9H2,1H3. The van der Waals surface area contributed by atoms with Crippen LogP contribution in [0.5, 0.6) is 5.88 Å². The summed E-state index contributed by atoms with van der Waals surface area (Å²) < 4.78 is 16.3. The fraction of sp³-hybridized carbons (Fsp3) is 0.294. The first kappa shape index (κ1) is 15.3. The van der Waals surface area contributed by atoms with Crippen LogP contribution in [-0.4, -0.2) is 30.3 Å². The molecule has 1 aliphatic rings. The van der Waals surface area contributed by atoms with E-state index >= 15 is 0 Å². The van der Waals surface area contributed by atoms with Crippen molar-refractivity contribution in [2.24, 2.45) is 0 Å². The van der Waals surface area contributed by atoms with Crippen LogP contribution in [0, 0.1) is 0 Å². The molecule has 0 amide bonds. The molecular formula is C17H17N3O3S. The normalized spacial score (nSPS) is 15.0. The lowest BCUT2D eigenvalue weighted by molar-refractivity contribution is -0.0442. The number of hydrogen-bond donors (Lipinski definition) is 1. The number of nitrogens with zero attached hydrogens (tertiary/aromatic N) is 2. The van der Waals surface area contributed by atoms with Gasteiger partial charge in [0.05, 0.1) is 26.9 Å². The van der Waals surface area contributed by atoms with Gasteiger partial charge in [-0.05, 0) is 18.2 Å². The quantitative estimate of drug-likeness (QED) is 0.766. The van der Waals surface area contributed by atoms with E-state index in [-0.39, 0.29) is 6.29 Å². The van der Waals surface area contributed by atoms with Crippen LogP contribution in [-0.2, 0) is 16.0 Å². The smallest absolute Gasteiger partial charge is 0.221 e. The maximum Gasteiger partial charge on any atom is 0.221 e. The first-order chi connectivity index (χ1) is 11.8. The minimum absolute atomic E-state index is 0.309. The summed E-state index contributed by atoms with van der Waals surface area (Å²) >= 11 is 1.60. The van der Waals surface area contributed by atoms with Crippen LogP contribution < -0.4 is 10.1 Å². The van der Waals surface area contributed by atoms with Gasteiger partial charge in [0.1, 0.15) is 5.01 Å². The minimum Gasteiger partial charge on any atom is -0.481 e. The van der Waals surface area contributed by atoms with Gasteiger partial charge < -0.3 is 19.5 Å². The highest BCUT2D eigenvalue weighted by Crippen LogP contribution is 2.30. The van der Waals surface area contributed by atoms with Crippen molar-refractivity contribution in [1.29, 1.82) is 0 Å². The fourth-order valence-electron chi connectivity index (χ4n) is 2.69. The van der Waals surface area contributed by atoms with E-state index in [1.165, 1.54) is 0 Å². The van der Waals surface area contributed by atoms with E-state index in [2.05, 4.69) is 15.3 Å². The van der Waals surface area contributed by atoms with Gasteiger partial charge in [-0.1, -0.05) is 6.07 Å². The molecule has 24 heavy (non-hydrogen) atoms. The van der Waals surface area contributed by atoms with Crippen molar-refractivity contribution in [1.82, 2.24) is 9.97 Å². The SMILES string of the molecule is COc1nccc2c(NCc3cnc(C4OCCO4)s3)cccc12. The molecule has 1 aliphatic heterocycles. The van der Waals surface area contributed by atoms with Crippen molar-refractivity contribution >= 4 is 27.8 Å². The Balaban J connectivity index is 1.53. The number of thiazole rings is 1. The molecular weight excluding hydrogens is 326 g/mol. The summed E-state index contributed by atoms with van der Waals surface area (Å²) in [5.41, 5.74) is 1.04. The number of rotatable bonds is 5. The van der Waals surface area contributed by atoms with E-state index in [4.69, 9.17) is 14.2 Å². The van der Waals surface area contributed by atoms with Crippen LogP contribution in [0.3, 0.4) is 0 Å². The average molecular weight is 343 g/mol. The predicted octanol–water partition coefficient (Wildman–Crippen LogP) is 3.36. The van der Waals surface area contributed by atoms with Crippen molar-refractivity contribution in [3.63, 3.8) is 0 Å². The third-order valence-corrected chi connectivity index (χ3v) is 4.83. The molecule has 0 radical (unpaired) electrons. The first-order valence-electron chi connectivity index (χ1n) is 7.68. The third-order valence-electron chi connectivity index (χ3n) is 3.81. The van der Waals surface area contributed by atoms with Crippen LogP contribution in [0.1, 0.15) is 16.2 Å². The van der Waals surface area contributed by atoms with Gasteiger partial charge in [0.2, 0.25) is 12.2 Å². The van der Waals surface area contributed by atoms with Crippen LogP contribution >= 0.6 is 11.3 Å². The van der Waals surface area contributed by atoms with E-state index in [1.54, 1.807) is 24.6 Å². The van der Waals surface area contributed by atoms with E-state index in [9.17, 15) is 0 Å². The molecule has 1 saturated heterocycles. The van der Waals surface area contributed by atoms with E-state index in [0.29, 0.717) is 25.6 Å². The Morgan fingerprint density at radius 3 is 2.92 bits per heavy atom. The molecule has 3 aromatic rings. The number of nitrogens with one attached hydrogen (secondary N) is 1. The summed E-state index contributed by atoms with van der Waals surface area (Å²) in [6.45, 7) is 1.95. The van der Waals surface area contributed by atoms with E-state index in [1.807, 2.05) is 30.5 Å². The topological polar surface area (TPSA) is 65.5 Å². The highest BCUT2D eigenvalue weighted by molar-refractivity contribution is 7.11. The molecule has 1 N–H and O–H groups in total. The molecule has 1 aromatic carbocycles. The number of pyridine rings is 1. The lowest BCUT2D eigenvalue weighted by Crippen LogP contribution is -1.99. The molecule has 0 saturated carbocycles. The zero-order valence-electron chi connectivity index (χ0n) is 13.2. The van der Waals surface area contributed by atoms with Crippen LogP contribution in [0.25, 0.3) is 10.8 Å². The summed E-state index contributed by atoms with van der Waals surface area (Å²) in [6, 6.07) is 8.03. The third kappa shape index (κ3) is 2.93. The van der Waals surface area contributed by atoms with Gasteiger partial charge in [-0.15, -0.1) is 11.3 Å². The largest absolute Gasteiger partial charge is 0.481 e. The zero-order chi connectivity index (χ0) is 16.4. The Hall–Kier alpha value is -2.22. The molecule has 0 aliphatic carbocycles. The second kappa shape index (κ2) is 6.72. The van der Waals surface area contributed by atoms with Gasteiger partial charge in [0.15, 0.2) is 0 Å². The summed E-state index contributed by atoms with van der Waals surface area (Å²) in [5, 5.41) is 6.40. The minimum atomic E-state index is -0.309. The first-order valence-corrected chi connectivity index (χ1v) is 8.50. The van der Waals surface area contributed by atoms with E-state index in [0.717, 1.165) is 26.3 Å². The molecule has 0 atom stereocenters. The summed E-state index contributed by atoms with van der Waals surface area (Å²) in [4.78, 5) is 9.77. The van der Waals surface area contributed by atoms with Crippen molar-refractivity contribution in [3.05, 3.63) is 46.5 Å². The molecule has 6 nitrogen and oxygen atoms in total. The van der Waals surface area contributed by atoms with Crippen LogP contribution in [0.2, 0.25) is 0 Å². The van der Waals surface area contributed by atoms with Gasteiger partial charge in [-0.2, -0.15) is 0 Å². The van der Waals surface area contributed by atoms with Gasteiger partial charge >= 0.3 is 0 Å². The molecule has 3 heterocycles. The molecule has 0 spiro atoms. The molecule has 0 unspecified atom stereocenters.